The van der Waals surface area contributed by atoms with Crippen molar-refractivity contribution in [2.75, 3.05) is 6.66 Å². The van der Waals surface area contributed by atoms with Gasteiger partial charge < -0.3 is 0 Å². The van der Waals surface area contributed by atoms with Crippen molar-refractivity contribution in [2.45, 2.75) is 19.8 Å². The lowest BCUT2D eigenvalue weighted by Crippen LogP contribution is -1.99. The molecule has 0 radical (unpaired) electrons. The largest absolute Gasteiger partial charge is 0.256 e. The molecule has 1 heterocycles. The predicted octanol–water partition coefficient (Wildman–Crippen LogP) is 4.64. The summed E-state index contributed by atoms with van der Waals surface area (Å²) in [6, 6.07) is 7.55. The van der Waals surface area contributed by atoms with Crippen molar-refractivity contribution in [3.63, 3.8) is 0 Å². The average Bonchev–Trinajstić information content (AvgIpc) is 2.41. The van der Waals surface area contributed by atoms with Crippen molar-refractivity contribution >= 4 is 9.24 Å². The third-order valence-electron chi connectivity index (χ3n) is 2.63. The van der Waals surface area contributed by atoms with Crippen LogP contribution in [0.25, 0.3) is 11.3 Å². The molecule has 0 spiro atoms. The third-order valence-corrected chi connectivity index (χ3v) is 2.63. The van der Waals surface area contributed by atoms with Gasteiger partial charge in [-0.1, -0.05) is 26.6 Å². The Kier molecular flexibility index (Phi) is 6.04. The molecule has 2 rings (SSSR count). The molecule has 1 atom stereocenters. The van der Waals surface area contributed by atoms with Gasteiger partial charge in [-0.25, -0.2) is 8.78 Å². The normalized spacial score (nSPS) is 10.1. The quantitative estimate of drug-likeness (QED) is 0.731. The summed E-state index contributed by atoms with van der Waals surface area (Å²) in [5.74, 6) is -1.07. The van der Waals surface area contributed by atoms with E-state index in [2.05, 4.69) is 14.2 Å². The molecule has 0 bridgehead atoms. The molecule has 1 aromatic carbocycles. The minimum atomic E-state index is -0.563. The summed E-state index contributed by atoms with van der Waals surface area (Å²) in [6.07, 6.45) is 1.60. The van der Waals surface area contributed by atoms with E-state index >= 15 is 0 Å². The molecule has 0 aliphatic rings. The number of hydrogen-bond donors (Lipinski definition) is 0. The van der Waals surface area contributed by atoms with Crippen LogP contribution in [0.4, 0.5) is 8.78 Å². The number of aromatic nitrogens is 1. The van der Waals surface area contributed by atoms with E-state index in [1.54, 1.807) is 24.4 Å². The molecule has 102 valence electrons. The molecule has 0 saturated heterocycles. The van der Waals surface area contributed by atoms with Crippen LogP contribution in [0.15, 0.2) is 36.5 Å². The number of hydrogen-bond acceptors (Lipinski definition) is 1. The van der Waals surface area contributed by atoms with Crippen molar-refractivity contribution in [1.82, 2.24) is 4.98 Å². The maximum atomic E-state index is 13.9. The molecule has 1 aromatic heterocycles. The summed E-state index contributed by atoms with van der Waals surface area (Å²) >= 11 is 0. The highest BCUT2D eigenvalue weighted by atomic mass is 31.0. The fourth-order valence-electron chi connectivity index (χ4n) is 1.83. The molecule has 0 aliphatic carbocycles. The van der Waals surface area contributed by atoms with Crippen molar-refractivity contribution in [1.29, 1.82) is 0 Å². The minimum Gasteiger partial charge on any atom is -0.256 e. The molecule has 0 N–H and O–H groups in total. The molecule has 0 amide bonds. The maximum Gasteiger partial charge on any atom is 0.135 e. The molecule has 19 heavy (non-hydrogen) atoms. The van der Waals surface area contributed by atoms with E-state index < -0.39 is 11.6 Å². The SMILES string of the molecule is CC(C)c1cc(F)cc(F)c1-c1ccccn1.CP. The Labute approximate surface area is 115 Å². The van der Waals surface area contributed by atoms with E-state index in [1.807, 2.05) is 20.5 Å². The third kappa shape index (κ3) is 3.81. The molecule has 1 unspecified atom stereocenters. The first-order chi connectivity index (χ1) is 9.09. The van der Waals surface area contributed by atoms with Gasteiger partial charge >= 0.3 is 0 Å². The van der Waals surface area contributed by atoms with E-state index in [0.29, 0.717) is 16.8 Å². The van der Waals surface area contributed by atoms with Gasteiger partial charge in [-0.15, -0.1) is 9.24 Å². The van der Waals surface area contributed by atoms with Crippen LogP contribution >= 0.6 is 9.24 Å². The minimum absolute atomic E-state index is 0.0391. The summed E-state index contributed by atoms with van der Waals surface area (Å²) in [5, 5.41) is 0. The molecule has 0 saturated carbocycles. The Bertz CT molecular complexity index is 527. The zero-order chi connectivity index (χ0) is 14.4. The molecule has 2 aromatic rings. The molecular formula is C15H18F2NP. The topological polar surface area (TPSA) is 12.9 Å². The van der Waals surface area contributed by atoms with Gasteiger partial charge in [-0.3, -0.25) is 4.98 Å². The highest BCUT2D eigenvalue weighted by Gasteiger charge is 2.16. The van der Waals surface area contributed by atoms with Gasteiger partial charge in [0.05, 0.1) is 5.69 Å². The van der Waals surface area contributed by atoms with Crippen LogP contribution in [0.2, 0.25) is 0 Å². The van der Waals surface area contributed by atoms with Gasteiger partial charge in [-0.2, -0.15) is 0 Å². The number of rotatable bonds is 2. The Morgan fingerprint density at radius 3 is 2.32 bits per heavy atom. The second-order valence-electron chi connectivity index (χ2n) is 4.22. The first-order valence-electron chi connectivity index (χ1n) is 6.07. The van der Waals surface area contributed by atoms with E-state index in [-0.39, 0.29) is 5.92 Å². The van der Waals surface area contributed by atoms with Crippen LogP contribution in [0.1, 0.15) is 25.3 Å². The van der Waals surface area contributed by atoms with E-state index in [0.717, 1.165) is 6.07 Å². The fraction of sp³-hybridized carbons (Fsp3) is 0.267. The van der Waals surface area contributed by atoms with Crippen molar-refractivity contribution in [2.24, 2.45) is 0 Å². The van der Waals surface area contributed by atoms with Crippen LogP contribution in [-0.2, 0) is 0 Å². The predicted molar refractivity (Wildman–Crippen MR) is 79.3 cm³/mol. The second kappa shape index (κ2) is 7.30. The summed E-state index contributed by atoms with van der Waals surface area (Å²) in [5.41, 5.74) is 1.57. The first kappa shape index (κ1) is 15.7. The van der Waals surface area contributed by atoms with Crippen LogP contribution < -0.4 is 0 Å². The molecule has 4 heteroatoms. The van der Waals surface area contributed by atoms with Crippen LogP contribution in [0, 0.1) is 11.6 Å². The Morgan fingerprint density at radius 2 is 1.79 bits per heavy atom. The summed E-state index contributed by atoms with van der Waals surface area (Å²) in [7, 11) is 2.42. The van der Waals surface area contributed by atoms with Gasteiger partial charge in [0.1, 0.15) is 11.6 Å². The lowest BCUT2D eigenvalue weighted by Gasteiger charge is -2.13. The van der Waals surface area contributed by atoms with Gasteiger partial charge in [0, 0.05) is 17.8 Å². The van der Waals surface area contributed by atoms with E-state index in [1.165, 1.54) is 6.07 Å². The summed E-state index contributed by atoms with van der Waals surface area (Å²) < 4.78 is 27.1. The first-order valence-corrected chi connectivity index (χ1v) is 7.23. The summed E-state index contributed by atoms with van der Waals surface area (Å²) in [6.45, 7) is 5.72. The number of halogens is 2. The Balaban J connectivity index is 0.000000861. The molecule has 1 nitrogen and oxygen atoms in total. The Hall–Kier alpha value is -1.34. The van der Waals surface area contributed by atoms with E-state index in [4.69, 9.17) is 0 Å². The van der Waals surface area contributed by atoms with Crippen LogP contribution in [-0.4, -0.2) is 11.6 Å². The van der Waals surface area contributed by atoms with Crippen molar-refractivity contribution < 1.29 is 8.78 Å². The lowest BCUT2D eigenvalue weighted by atomic mass is 9.94. The monoisotopic (exact) mass is 281 g/mol. The van der Waals surface area contributed by atoms with Crippen LogP contribution in [0.3, 0.4) is 0 Å². The van der Waals surface area contributed by atoms with Gasteiger partial charge in [0.2, 0.25) is 0 Å². The number of nitrogens with zero attached hydrogens (tertiary/aromatic N) is 1. The zero-order valence-electron chi connectivity index (χ0n) is 11.3. The van der Waals surface area contributed by atoms with Gasteiger partial charge in [0.15, 0.2) is 0 Å². The van der Waals surface area contributed by atoms with Crippen molar-refractivity contribution in [3.8, 4) is 11.3 Å². The standard InChI is InChI=1S/C14H13F2N.CH5P/c1-9(2)11-7-10(15)8-12(16)14(11)13-5-3-4-6-17-13;1-2/h3-9H,1-2H3;2H2,1H3. The Morgan fingerprint density at radius 1 is 1.11 bits per heavy atom. The molecule has 0 fully saturated rings. The smallest absolute Gasteiger partial charge is 0.135 e. The number of pyridine rings is 1. The summed E-state index contributed by atoms with van der Waals surface area (Å²) in [4.78, 5) is 4.12. The van der Waals surface area contributed by atoms with Crippen LogP contribution in [0.5, 0.6) is 0 Å². The van der Waals surface area contributed by atoms with Crippen molar-refractivity contribution in [3.05, 3.63) is 53.7 Å². The highest BCUT2D eigenvalue weighted by Crippen LogP contribution is 2.31. The van der Waals surface area contributed by atoms with Gasteiger partial charge in [0.25, 0.3) is 0 Å². The zero-order valence-corrected chi connectivity index (χ0v) is 12.5. The lowest BCUT2D eigenvalue weighted by molar-refractivity contribution is 0.579. The number of benzene rings is 1. The fourth-order valence-corrected chi connectivity index (χ4v) is 1.83. The second-order valence-corrected chi connectivity index (χ2v) is 4.22. The molecular weight excluding hydrogens is 263 g/mol. The highest BCUT2D eigenvalue weighted by molar-refractivity contribution is 7.15. The van der Waals surface area contributed by atoms with E-state index in [9.17, 15) is 8.78 Å². The average molecular weight is 281 g/mol. The van der Waals surface area contributed by atoms with Gasteiger partial charge in [-0.05, 0) is 29.7 Å². The maximum absolute atomic E-state index is 13.9. The molecule has 0 aliphatic heterocycles.